The van der Waals surface area contributed by atoms with Gasteiger partial charge in [0, 0.05) is 17.1 Å². The molecule has 0 aliphatic carbocycles. The number of halogens is 6. The lowest BCUT2D eigenvalue weighted by Gasteiger charge is -2.14. The molecule has 0 unspecified atom stereocenters. The first-order chi connectivity index (χ1) is 16.7. The molecule has 0 aliphatic heterocycles. The Morgan fingerprint density at radius 2 is 1.44 bits per heavy atom. The quantitative estimate of drug-likeness (QED) is 0.297. The van der Waals surface area contributed by atoms with Gasteiger partial charge in [0.15, 0.2) is 5.65 Å². The van der Waals surface area contributed by atoms with E-state index >= 15 is 0 Å². The van der Waals surface area contributed by atoms with Gasteiger partial charge >= 0.3 is 12.4 Å². The first-order valence-electron chi connectivity index (χ1n) is 10.1. The second-order valence-electron chi connectivity index (χ2n) is 7.62. The number of rotatable bonds is 5. The summed E-state index contributed by atoms with van der Waals surface area (Å²) in [5.74, 6) is -0.296. The molecule has 13 heteroatoms. The van der Waals surface area contributed by atoms with Crippen LogP contribution in [0.3, 0.4) is 0 Å². The SMILES string of the molecule is Cc1ccc(NS(=O)(=O)c2ccc(Oc3ccc4c(C(F)(F)F)cc(C(F)(F)F)nc4n3)cc2)cc1. The van der Waals surface area contributed by atoms with Crippen molar-refractivity contribution in [3.05, 3.63) is 83.6 Å². The molecule has 0 bridgehead atoms. The van der Waals surface area contributed by atoms with Gasteiger partial charge in [-0.1, -0.05) is 17.7 Å². The first-order valence-corrected chi connectivity index (χ1v) is 11.5. The summed E-state index contributed by atoms with van der Waals surface area (Å²) in [6.07, 6.45) is -10.2. The lowest BCUT2D eigenvalue weighted by atomic mass is 10.1. The fraction of sp³-hybridized carbons (Fsp3) is 0.130. The third kappa shape index (κ3) is 5.51. The smallest absolute Gasteiger partial charge is 0.433 e. The van der Waals surface area contributed by atoms with Gasteiger partial charge in [-0.3, -0.25) is 4.72 Å². The van der Waals surface area contributed by atoms with Crippen LogP contribution in [0.4, 0.5) is 32.0 Å². The first kappa shape index (κ1) is 25.2. The molecular formula is C23H15F6N3O3S. The van der Waals surface area contributed by atoms with Crippen molar-refractivity contribution in [2.24, 2.45) is 0 Å². The number of ether oxygens (including phenoxy) is 1. The summed E-state index contributed by atoms with van der Waals surface area (Å²) in [5, 5.41) is -0.633. The zero-order valence-electron chi connectivity index (χ0n) is 18.1. The predicted molar refractivity (Wildman–Crippen MR) is 118 cm³/mol. The van der Waals surface area contributed by atoms with Crippen molar-refractivity contribution >= 4 is 26.7 Å². The summed E-state index contributed by atoms with van der Waals surface area (Å²) in [4.78, 5) is 6.80. The number of benzene rings is 2. The van der Waals surface area contributed by atoms with Gasteiger partial charge in [-0.2, -0.15) is 31.3 Å². The van der Waals surface area contributed by atoms with E-state index in [1.54, 1.807) is 24.3 Å². The van der Waals surface area contributed by atoms with E-state index in [-0.39, 0.29) is 22.6 Å². The summed E-state index contributed by atoms with van der Waals surface area (Å²) < 4.78 is 112. The van der Waals surface area contributed by atoms with Gasteiger partial charge in [0.05, 0.1) is 10.5 Å². The second-order valence-corrected chi connectivity index (χ2v) is 9.30. The third-order valence-corrected chi connectivity index (χ3v) is 6.30. The molecule has 4 aromatic rings. The normalized spacial score (nSPS) is 12.5. The van der Waals surface area contributed by atoms with Crippen LogP contribution in [0.2, 0.25) is 0 Å². The Bertz CT molecular complexity index is 1520. The third-order valence-electron chi connectivity index (χ3n) is 4.90. The molecule has 2 aromatic heterocycles. The zero-order chi connectivity index (χ0) is 26.3. The number of nitrogens with zero attached hydrogens (tertiary/aromatic N) is 2. The van der Waals surface area contributed by atoms with Crippen LogP contribution in [0.15, 0.2) is 71.6 Å². The number of sulfonamides is 1. The maximum absolute atomic E-state index is 13.3. The summed E-state index contributed by atoms with van der Waals surface area (Å²) in [6.45, 7) is 1.85. The monoisotopic (exact) mass is 527 g/mol. The molecule has 0 aliphatic rings. The highest BCUT2D eigenvalue weighted by Gasteiger charge is 2.39. The van der Waals surface area contributed by atoms with Crippen molar-refractivity contribution in [3.8, 4) is 11.6 Å². The summed E-state index contributed by atoms with van der Waals surface area (Å²) in [7, 11) is -3.93. The highest BCUT2D eigenvalue weighted by Crippen LogP contribution is 2.38. The van der Waals surface area contributed by atoms with Crippen LogP contribution in [0, 0.1) is 6.92 Å². The van der Waals surface area contributed by atoms with Crippen LogP contribution in [-0.4, -0.2) is 18.4 Å². The van der Waals surface area contributed by atoms with E-state index in [1.807, 2.05) is 6.92 Å². The van der Waals surface area contributed by atoms with Crippen LogP contribution in [0.5, 0.6) is 11.6 Å². The standard InChI is InChI=1S/C23H15F6N3O3S/c1-13-2-4-14(5-3-13)32-36(33,34)16-8-6-15(7-9-16)35-20-11-10-17-18(22(24,25)26)12-19(23(27,28)29)30-21(17)31-20/h2-12,32H,1H3. The molecule has 0 amide bonds. The van der Waals surface area contributed by atoms with Gasteiger partial charge in [0.1, 0.15) is 11.4 Å². The minimum absolute atomic E-state index is 0.0409. The number of pyridine rings is 2. The van der Waals surface area contributed by atoms with E-state index in [0.717, 1.165) is 17.7 Å². The number of anilines is 1. The highest BCUT2D eigenvalue weighted by molar-refractivity contribution is 7.92. The molecule has 6 nitrogen and oxygen atoms in total. The lowest BCUT2D eigenvalue weighted by molar-refractivity contribution is -0.144. The molecule has 0 fully saturated rings. The van der Waals surface area contributed by atoms with Crippen molar-refractivity contribution in [2.75, 3.05) is 4.72 Å². The Labute approximate surface area is 200 Å². The van der Waals surface area contributed by atoms with E-state index in [0.29, 0.717) is 5.69 Å². The molecule has 188 valence electrons. The number of nitrogens with one attached hydrogen (secondary N) is 1. The maximum Gasteiger partial charge on any atom is 0.433 e. The molecule has 2 aromatic carbocycles. The number of fused-ring (bicyclic) bond motifs is 1. The van der Waals surface area contributed by atoms with Gasteiger partial charge in [0.25, 0.3) is 10.0 Å². The number of aryl methyl sites for hydroxylation is 1. The van der Waals surface area contributed by atoms with Crippen LogP contribution >= 0.6 is 0 Å². The van der Waals surface area contributed by atoms with E-state index in [2.05, 4.69) is 14.7 Å². The minimum atomic E-state index is -5.12. The molecule has 0 saturated heterocycles. The molecule has 4 rings (SSSR count). The molecule has 1 N–H and O–H groups in total. The van der Waals surface area contributed by atoms with E-state index < -0.39 is 44.7 Å². The molecule has 2 heterocycles. The molecule has 36 heavy (non-hydrogen) atoms. The van der Waals surface area contributed by atoms with E-state index in [1.165, 1.54) is 24.3 Å². The van der Waals surface area contributed by atoms with Gasteiger partial charge in [0.2, 0.25) is 5.88 Å². The van der Waals surface area contributed by atoms with Crippen molar-refractivity contribution in [1.82, 2.24) is 9.97 Å². The van der Waals surface area contributed by atoms with Gasteiger partial charge < -0.3 is 4.74 Å². The molecule has 0 spiro atoms. The Balaban J connectivity index is 1.60. The molecule has 0 saturated carbocycles. The van der Waals surface area contributed by atoms with Crippen molar-refractivity contribution in [3.63, 3.8) is 0 Å². The van der Waals surface area contributed by atoms with Gasteiger partial charge in [-0.25, -0.2) is 13.4 Å². The fourth-order valence-corrected chi connectivity index (χ4v) is 4.23. The average molecular weight is 527 g/mol. The average Bonchev–Trinajstić information content (AvgIpc) is 2.79. The van der Waals surface area contributed by atoms with Crippen LogP contribution in [0.25, 0.3) is 11.0 Å². The Hall–Kier alpha value is -3.87. The summed E-state index contributed by atoms with van der Waals surface area (Å²) >= 11 is 0. The minimum Gasteiger partial charge on any atom is -0.439 e. The van der Waals surface area contributed by atoms with Gasteiger partial charge in [-0.05, 0) is 55.5 Å². The Morgan fingerprint density at radius 3 is 2.03 bits per heavy atom. The van der Waals surface area contributed by atoms with Crippen molar-refractivity contribution in [2.45, 2.75) is 24.2 Å². The summed E-state index contributed by atoms with van der Waals surface area (Å²) in [6, 6.07) is 13.5. The Morgan fingerprint density at radius 1 is 0.806 bits per heavy atom. The van der Waals surface area contributed by atoms with Gasteiger partial charge in [-0.15, -0.1) is 0 Å². The second kappa shape index (κ2) is 8.97. The summed E-state index contributed by atoms with van der Waals surface area (Å²) in [5.41, 5.74) is -2.79. The largest absolute Gasteiger partial charge is 0.439 e. The number of aromatic nitrogens is 2. The maximum atomic E-state index is 13.3. The predicted octanol–water partition coefficient (Wildman–Crippen LogP) is 6.57. The van der Waals surface area contributed by atoms with Crippen molar-refractivity contribution in [1.29, 1.82) is 0 Å². The molecule has 0 atom stereocenters. The molecular weight excluding hydrogens is 512 g/mol. The van der Waals surface area contributed by atoms with E-state index in [4.69, 9.17) is 4.74 Å². The topological polar surface area (TPSA) is 81.2 Å². The number of hydrogen-bond donors (Lipinski definition) is 1. The number of hydrogen-bond acceptors (Lipinski definition) is 5. The molecule has 0 radical (unpaired) electrons. The zero-order valence-corrected chi connectivity index (χ0v) is 19.0. The lowest BCUT2D eigenvalue weighted by Crippen LogP contribution is -2.14. The van der Waals surface area contributed by atoms with Crippen LogP contribution in [0.1, 0.15) is 16.8 Å². The Kier molecular flexibility index (Phi) is 6.29. The van der Waals surface area contributed by atoms with Crippen LogP contribution in [-0.2, 0) is 22.4 Å². The fourth-order valence-electron chi connectivity index (χ4n) is 3.17. The van der Waals surface area contributed by atoms with Crippen molar-refractivity contribution < 1.29 is 39.5 Å². The van der Waals surface area contributed by atoms with Crippen LogP contribution < -0.4 is 9.46 Å². The number of alkyl halides is 6. The van der Waals surface area contributed by atoms with E-state index in [9.17, 15) is 34.8 Å². The highest BCUT2D eigenvalue weighted by atomic mass is 32.2.